The lowest BCUT2D eigenvalue weighted by Gasteiger charge is -2.29. The van der Waals surface area contributed by atoms with Gasteiger partial charge in [0, 0.05) is 43.6 Å². The van der Waals surface area contributed by atoms with Gasteiger partial charge in [-0.05, 0) is 25.1 Å². The summed E-state index contributed by atoms with van der Waals surface area (Å²) < 4.78 is 0. The number of nitrogens with one attached hydrogen (secondary N) is 3. The number of pyridine rings is 1. The molecule has 0 bridgehead atoms. The van der Waals surface area contributed by atoms with Gasteiger partial charge < -0.3 is 15.5 Å². The molecule has 0 radical (unpaired) electrons. The fourth-order valence-electron chi connectivity index (χ4n) is 2.86. The topological polar surface area (TPSA) is 94.7 Å². The first-order valence-corrected chi connectivity index (χ1v) is 8.32. The van der Waals surface area contributed by atoms with E-state index < -0.39 is 0 Å². The summed E-state index contributed by atoms with van der Waals surface area (Å²) >= 11 is 0. The van der Waals surface area contributed by atoms with Gasteiger partial charge in [-0.1, -0.05) is 0 Å². The number of aromatic nitrogens is 5. The average molecular weight is 336 g/mol. The quantitative estimate of drug-likeness (QED) is 0.668. The molecule has 1 fully saturated rings. The van der Waals surface area contributed by atoms with Gasteiger partial charge in [0.15, 0.2) is 0 Å². The molecule has 3 N–H and O–H groups in total. The van der Waals surface area contributed by atoms with Crippen LogP contribution in [0.15, 0.2) is 36.8 Å². The Morgan fingerprint density at radius 1 is 1.08 bits per heavy atom. The molecule has 4 heterocycles. The van der Waals surface area contributed by atoms with Crippen LogP contribution >= 0.6 is 0 Å². The number of hydrogen-bond acceptors (Lipinski definition) is 7. The van der Waals surface area contributed by atoms with Gasteiger partial charge in [0.25, 0.3) is 0 Å². The van der Waals surface area contributed by atoms with Gasteiger partial charge in [0.1, 0.15) is 5.82 Å². The fourth-order valence-corrected chi connectivity index (χ4v) is 2.86. The van der Waals surface area contributed by atoms with Gasteiger partial charge in [-0.3, -0.25) is 5.10 Å². The largest absolute Gasteiger partial charge is 0.368 e. The van der Waals surface area contributed by atoms with Crippen LogP contribution in [-0.2, 0) is 0 Å². The molecule has 128 valence electrons. The normalized spacial score (nSPS) is 14.5. The van der Waals surface area contributed by atoms with Gasteiger partial charge in [0.05, 0.1) is 23.8 Å². The van der Waals surface area contributed by atoms with Gasteiger partial charge in [-0.2, -0.15) is 5.10 Å². The van der Waals surface area contributed by atoms with E-state index in [0.29, 0.717) is 5.95 Å². The molecular formula is C17H20N8. The summed E-state index contributed by atoms with van der Waals surface area (Å²) in [7, 11) is 0. The number of piperazine rings is 1. The molecule has 4 rings (SSSR count). The molecule has 1 aliphatic rings. The highest BCUT2D eigenvalue weighted by Gasteiger charge is 2.11. The van der Waals surface area contributed by atoms with Crippen molar-refractivity contribution in [2.75, 3.05) is 36.4 Å². The third-order valence-electron chi connectivity index (χ3n) is 4.23. The summed E-state index contributed by atoms with van der Waals surface area (Å²) in [6.07, 6.45) is 5.38. The summed E-state index contributed by atoms with van der Waals surface area (Å²) in [6, 6.07) is 5.89. The molecule has 0 saturated carbocycles. The lowest BCUT2D eigenvalue weighted by atomic mass is 10.2. The second kappa shape index (κ2) is 6.86. The Hall–Kier alpha value is -3.00. The van der Waals surface area contributed by atoms with Crippen molar-refractivity contribution < 1.29 is 0 Å². The smallest absolute Gasteiger partial charge is 0.228 e. The molecule has 3 aromatic heterocycles. The van der Waals surface area contributed by atoms with E-state index in [9.17, 15) is 0 Å². The van der Waals surface area contributed by atoms with E-state index in [-0.39, 0.29) is 0 Å². The number of nitrogens with zero attached hydrogens (tertiary/aromatic N) is 5. The number of aryl methyl sites for hydroxylation is 1. The van der Waals surface area contributed by atoms with E-state index in [4.69, 9.17) is 0 Å². The predicted octanol–water partition coefficient (Wildman–Crippen LogP) is 1.72. The standard InChI is InChI=1S/C17H20N8/c1-12-14(11-21-24-12)15-4-5-19-17(22-15)23-16-3-2-13(10-20-16)25-8-6-18-7-9-25/h2-5,10-11,18H,6-9H2,1H3,(H,21,24)(H,19,20,22,23). The SMILES string of the molecule is Cc1[nH]ncc1-c1ccnc(Nc2ccc(N3CCNCC3)cn2)n1. The zero-order chi connectivity index (χ0) is 17.1. The lowest BCUT2D eigenvalue weighted by molar-refractivity contribution is 0.589. The van der Waals surface area contributed by atoms with E-state index in [1.165, 1.54) is 0 Å². The Bertz CT molecular complexity index is 836. The lowest BCUT2D eigenvalue weighted by Crippen LogP contribution is -2.43. The molecule has 0 unspecified atom stereocenters. The van der Waals surface area contributed by atoms with Gasteiger partial charge >= 0.3 is 0 Å². The Labute approximate surface area is 145 Å². The van der Waals surface area contributed by atoms with Gasteiger partial charge in [-0.15, -0.1) is 0 Å². The molecule has 0 atom stereocenters. The molecule has 0 aromatic carbocycles. The number of rotatable bonds is 4. The highest BCUT2D eigenvalue weighted by atomic mass is 15.2. The summed E-state index contributed by atoms with van der Waals surface area (Å²) in [5.41, 5.74) is 3.90. The molecule has 3 aromatic rings. The minimum atomic E-state index is 0.514. The molecule has 8 nitrogen and oxygen atoms in total. The fraction of sp³-hybridized carbons (Fsp3) is 0.294. The van der Waals surface area contributed by atoms with Crippen LogP contribution < -0.4 is 15.5 Å². The molecule has 1 saturated heterocycles. The molecule has 25 heavy (non-hydrogen) atoms. The Kier molecular flexibility index (Phi) is 4.26. The highest BCUT2D eigenvalue weighted by molar-refractivity contribution is 5.62. The van der Waals surface area contributed by atoms with Crippen molar-refractivity contribution in [3.63, 3.8) is 0 Å². The second-order valence-electron chi connectivity index (χ2n) is 5.94. The van der Waals surface area contributed by atoms with E-state index in [1.54, 1.807) is 12.4 Å². The summed E-state index contributed by atoms with van der Waals surface area (Å²) in [6.45, 7) is 5.99. The Morgan fingerprint density at radius 2 is 1.96 bits per heavy atom. The Morgan fingerprint density at radius 3 is 2.68 bits per heavy atom. The maximum absolute atomic E-state index is 4.54. The predicted molar refractivity (Wildman–Crippen MR) is 97.0 cm³/mol. The Balaban J connectivity index is 1.49. The van der Waals surface area contributed by atoms with Gasteiger partial charge in [-0.25, -0.2) is 15.0 Å². The first kappa shape index (κ1) is 15.5. The molecule has 1 aliphatic heterocycles. The van der Waals surface area contributed by atoms with Crippen molar-refractivity contribution in [3.8, 4) is 11.3 Å². The first-order chi connectivity index (χ1) is 12.3. The van der Waals surface area contributed by atoms with Gasteiger partial charge in [0.2, 0.25) is 5.95 Å². The van der Waals surface area contributed by atoms with E-state index in [1.807, 2.05) is 25.3 Å². The van der Waals surface area contributed by atoms with E-state index in [2.05, 4.69) is 46.7 Å². The minimum absolute atomic E-state index is 0.514. The minimum Gasteiger partial charge on any atom is -0.368 e. The first-order valence-electron chi connectivity index (χ1n) is 8.32. The molecule has 0 aliphatic carbocycles. The maximum Gasteiger partial charge on any atom is 0.228 e. The van der Waals surface area contributed by atoms with Crippen LogP contribution in [0.5, 0.6) is 0 Å². The summed E-state index contributed by atoms with van der Waals surface area (Å²) in [5, 5.41) is 13.5. The van der Waals surface area contributed by atoms with Crippen molar-refractivity contribution in [2.24, 2.45) is 0 Å². The van der Waals surface area contributed by atoms with Crippen LogP contribution in [0, 0.1) is 6.92 Å². The van der Waals surface area contributed by atoms with Crippen LogP contribution in [0.3, 0.4) is 0 Å². The number of anilines is 3. The third kappa shape index (κ3) is 3.43. The number of H-pyrrole nitrogens is 1. The van der Waals surface area contributed by atoms with E-state index >= 15 is 0 Å². The monoisotopic (exact) mass is 336 g/mol. The molecule has 0 amide bonds. The van der Waals surface area contributed by atoms with Crippen molar-refractivity contribution in [1.82, 2.24) is 30.5 Å². The van der Waals surface area contributed by atoms with Crippen molar-refractivity contribution >= 4 is 17.5 Å². The maximum atomic E-state index is 4.54. The van der Waals surface area contributed by atoms with E-state index in [0.717, 1.165) is 54.6 Å². The number of aromatic amines is 1. The zero-order valence-electron chi connectivity index (χ0n) is 14.0. The third-order valence-corrected chi connectivity index (χ3v) is 4.23. The van der Waals surface area contributed by atoms with Crippen LogP contribution in [0.2, 0.25) is 0 Å². The molecule has 0 spiro atoms. The van der Waals surface area contributed by atoms with Crippen LogP contribution in [-0.4, -0.2) is 51.3 Å². The van der Waals surface area contributed by atoms with Crippen molar-refractivity contribution in [2.45, 2.75) is 6.92 Å². The summed E-state index contributed by atoms with van der Waals surface area (Å²) in [5.74, 6) is 1.24. The van der Waals surface area contributed by atoms with Crippen LogP contribution in [0.1, 0.15) is 5.69 Å². The highest BCUT2D eigenvalue weighted by Crippen LogP contribution is 2.21. The summed E-state index contributed by atoms with van der Waals surface area (Å²) in [4.78, 5) is 15.6. The molecule has 8 heteroatoms. The van der Waals surface area contributed by atoms with Crippen molar-refractivity contribution in [3.05, 3.63) is 42.5 Å². The number of hydrogen-bond donors (Lipinski definition) is 3. The average Bonchev–Trinajstić information content (AvgIpc) is 3.09. The molecular weight excluding hydrogens is 316 g/mol. The zero-order valence-corrected chi connectivity index (χ0v) is 14.0. The van der Waals surface area contributed by atoms with Crippen LogP contribution in [0.25, 0.3) is 11.3 Å². The van der Waals surface area contributed by atoms with Crippen molar-refractivity contribution in [1.29, 1.82) is 0 Å². The van der Waals surface area contributed by atoms with Crippen LogP contribution in [0.4, 0.5) is 17.5 Å². The second-order valence-corrected chi connectivity index (χ2v) is 5.94.